The largest absolute Gasteiger partial charge is 0.394 e. The molecular formula is C23H19F3N4O. The van der Waals surface area contributed by atoms with Gasteiger partial charge in [-0.05, 0) is 24.5 Å². The number of aryl methyl sites for hydroxylation is 2. The molecule has 0 fully saturated rings. The fourth-order valence-corrected chi connectivity index (χ4v) is 3.60. The molecule has 0 spiro atoms. The molecule has 2 aromatic heterocycles. The van der Waals surface area contributed by atoms with Gasteiger partial charge in [0.2, 0.25) is 0 Å². The van der Waals surface area contributed by atoms with Crippen LogP contribution in [0.3, 0.4) is 0 Å². The van der Waals surface area contributed by atoms with E-state index in [4.69, 9.17) is 5.73 Å². The average molecular weight is 424 g/mol. The number of nitrogens with two attached hydrogens (primary N) is 1. The van der Waals surface area contributed by atoms with Crippen LogP contribution in [0.1, 0.15) is 27.4 Å². The van der Waals surface area contributed by atoms with Crippen molar-refractivity contribution in [3.63, 3.8) is 0 Å². The van der Waals surface area contributed by atoms with Crippen molar-refractivity contribution in [1.82, 2.24) is 15.0 Å². The van der Waals surface area contributed by atoms with Crippen molar-refractivity contribution in [1.29, 1.82) is 0 Å². The summed E-state index contributed by atoms with van der Waals surface area (Å²) in [6, 6.07) is 16.1. The molecule has 8 heteroatoms. The predicted octanol–water partition coefficient (Wildman–Crippen LogP) is 4.61. The van der Waals surface area contributed by atoms with E-state index in [-0.39, 0.29) is 29.2 Å². The van der Waals surface area contributed by atoms with Gasteiger partial charge >= 0.3 is 6.18 Å². The molecule has 0 atom stereocenters. The molecule has 0 radical (unpaired) electrons. The number of halogens is 3. The zero-order valence-corrected chi connectivity index (χ0v) is 16.4. The van der Waals surface area contributed by atoms with Crippen LogP contribution >= 0.6 is 0 Å². The van der Waals surface area contributed by atoms with Gasteiger partial charge in [0.05, 0.1) is 17.8 Å². The van der Waals surface area contributed by atoms with E-state index in [1.54, 1.807) is 30.3 Å². The molecule has 4 aromatic rings. The number of rotatable bonds is 6. The van der Waals surface area contributed by atoms with Gasteiger partial charge in [-0.3, -0.25) is 4.79 Å². The molecule has 0 aliphatic heterocycles. The van der Waals surface area contributed by atoms with Crippen LogP contribution in [0.5, 0.6) is 0 Å². The molecule has 2 aromatic carbocycles. The summed E-state index contributed by atoms with van der Waals surface area (Å²) >= 11 is 0. The molecule has 0 saturated carbocycles. The highest BCUT2D eigenvalue weighted by Gasteiger charge is 2.31. The number of benzene rings is 2. The zero-order chi connectivity index (χ0) is 22.0. The maximum absolute atomic E-state index is 13.3. The number of nitrogens with one attached hydrogen (secondary N) is 1. The van der Waals surface area contributed by atoms with Gasteiger partial charge in [0.15, 0.2) is 5.69 Å². The van der Waals surface area contributed by atoms with Crippen LogP contribution in [0, 0.1) is 0 Å². The quantitative estimate of drug-likeness (QED) is 0.474. The van der Waals surface area contributed by atoms with E-state index in [2.05, 4.69) is 15.0 Å². The number of amides is 1. The van der Waals surface area contributed by atoms with E-state index in [1.165, 1.54) is 0 Å². The van der Waals surface area contributed by atoms with Crippen LogP contribution in [0.2, 0.25) is 0 Å². The first-order chi connectivity index (χ1) is 14.8. The number of carbonyl (C=O) groups is 1. The van der Waals surface area contributed by atoms with Gasteiger partial charge in [0.25, 0.3) is 5.91 Å². The number of primary amides is 1. The Morgan fingerprint density at radius 1 is 0.935 bits per heavy atom. The summed E-state index contributed by atoms with van der Waals surface area (Å²) in [6.45, 7) is 0. The highest BCUT2D eigenvalue weighted by Crippen LogP contribution is 2.28. The van der Waals surface area contributed by atoms with Crippen LogP contribution < -0.4 is 5.73 Å². The summed E-state index contributed by atoms with van der Waals surface area (Å²) in [5, 5.41) is 0.990. The monoisotopic (exact) mass is 424 g/mol. The number of H-pyrrole nitrogens is 1. The Morgan fingerprint density at radius 3 is 2.35 bits per heavy atom. The third-order valence-corrected chi connectivity index (χ3v) is 5.01. The van der Waals surface area contributed by atoms with Gasteiger partial charge in [-0.1, -0.05) is 48.5 Å². The van der Waals surface area contributed by atoms with Gasteiger partial charge < -0.3 is 10.7 Å². The lowest BCUT2D eigenvalue weighted by Gasteiger charge is -2.15. The van der Waals surface area contributed by atoms with E-state index >= 15 is 0 Å². The first kappa shape index (κ1) is 20.6. The molecule has 5 nitrogen and oxygen atoms in total. The summed E-state index contributed by atoms with van der Waals surface area (Å²) in [4.78, 5) is 23.7. The summed E-state index contributed by atoms with van der Waals surface area (Å²) in [5.41, 5.74) is 7.71. The zero-order valence-electron chi connectivity index (χ0n) is 16.4. The molecule has 0 aliphatic carbocycles. The van der Waals surface area contributed by atoms with E-state index in [0.29, 0.717) is 12.0 Å². The van der Waals surface area contributed by atoms with Crippen molar-refractivity contribution < 1.29 is 18.0 Å². The van der Waals surface area contributed by atoms with E-state index in [9.17, 15) is 18.0 Å². The number of hydrogen-bond donors (Lipinski definition) is 2. The smallest absolute Gasteiger partial charge is 0.364 e. The summed E-state index contributed by atoms with van der Waals surface area (Å²) in [7, 11) is 0. The van der Waals surface area contributed by atoms with Gasteiger partial charge in [-0.2, -0.15) is 13.2 Å². The summed E-state index contributed by atoms with van der Waals surface area (Å²) in [5.74, 6) is -0.835. The van der Waals surface area contributed by atoms with Crippen molar-refractivity contribution in [2.45, 2.75) is 25.4 Å². The Labute approximate surface area is 176 Å². The van der Waals surface area contributed by atoms with Crippen LogP contribution in [-0.2, 0) is 19.3 Å². The lowest BCUT2D eigenvalue weighted by Crippen LogP contribution is -2.21. The Hall–Kier alpha value is -3.68. The molecule has 4 rings (SSSR count). The van der Waals surface area contributed by atoms with Crippen molar-refractivity contribution >= 4 is 16.8 Å². The molecular weight excluding hydrogens is 405 g/mol. The van der Waals surface area contributed by atoms with Crippen molar-refractivity contribution in [2.24, 2.45) is 5.73 Å². The minimum atomic E-state index is -4.47. The van der Waals surface area contributed by atoms with Gasteiger partial charge in [0, 0.05) is 22.7 Å². The van der Waals surface area contributed by atoms with Crippen LogP contribution in [0.4, 0.5) is 13.2 Å². The van der Waals surface area contributed by atoms with Gasteiger partial charge in [-0.25, -0.2) is 9.97 Å². The lowest BCUT2D eigenvalue weighted by atomic mass is 10.0. The number of hydrogen-bond acceptors (Lipinski definition) is 3. The Balaban J connectivity index is 1.76. The SMILES string of the molecule is NC(=O)c1nc(CCc2c[nH]c3ccccc23)c(CC(F)(F)F)nc1-c1ccccc1. The number of alkyl halides is 3. The second-order valence-corrected chi connectivity index (χ2v) is 7.20. The number of aromatic nitrogens is 3. The number of nitrogens with zero attached hydrogens (tertiary/aromatic N) is 2. The number of carbonyl (C=O) groups excluding carboxylic acids is 1. The number of para-hydroxylation sites is 1. The third-order valence-electron chi connectivity index (χ3n) is 5.01. The molecule has 0 bridgehead atoms. The fourth-order valence-electron chi connectivity index (χ4n) is 3.60. The summed E-state index contributed by atoms with van der Waals surface area (Å²) in [6.07, 6.45) is -3.24. The molecule has 31 heavy (non-hydrogen) atoms. The van der Waals surface area contributed by atoms with Gasteiger partial charge in [0.1, 0.15) is 5.69 Å². The summed E-state index contributed by atoms with van der Waals surface area (Å²) < 4.78 is 39.8. The van der Waals surface area contributed by atoms with Gasteiger partial charge in [-0.15, -0.1) is 0 Å². The predicted molar refractivity (Wildman–Crippen MR) is 111 cm³/mol. The first-order valence-electron chi connectivity index (χ1n) is 9.68. The van der Waals surface area contributed by atoms with Crippen molar-refractivity contribution in [2.75, 3.05) is 0 Å². The molecule has 2 heterocycles. The average Bonchev–Trinajstić information content (AvgIpc) is 3.15. The Kier molecular flexibility index (Phi) is 5.46. The van der Waals surface area contributed by atoms with E-state index in [0.717, 1.165) is 16.5 Å². The topological polar surface area (TPSA) is 84.7 Å². The number of aromatic amines is 1. The normalized spacial score (nSPS) is 11.7. The van der Waals surface area contributed by atoms with Crippen LogP contribution in [0.15, 0.2) is 60.8 Å². The van der Waals surface area contributed by atoms with Crippen LogP contribution in [-0.4, -0.2) is 27.0 Å². The molecule has 0 unspecified atom stereocenters. The lowest BCUT2D eigenvalue weighted by molar-refractivity contribution is -0.128. The van der Waals surface area contributed by atoms with E-state index < -0.39 is 18.5 Å². The van der Waals surface area contributed by atoms with Crippen molar-refractivity contribution in [3.05, 3.63) is 83.4 Å². The molecule has 0 aliphatic rings. The Morgan fingerprint density at radius 2 is 1.65 bits per heavy atom. The highest BCUT2D eigenvalue weighted by molar-refractivity contribution is 5.96. The second kappa shape index (κ2) is 8.22. The minimum absolute atomic E-state index is 0.0585. The third kappa shape index (κ3) is 4.58. The first-order valence-corrected chi connectivity index (χ1v) is 9.68. The molecule has 1 amide bonds. The molecule has 3 N–H and O–H groups in total. The Bertz CT molecular complexity index is 1230. The molecule has 0 saturated heterocycles. The maximum atomic E-state index is 13.3. The van der Waals surface area contributed by atoms with Crippen LogP contribution in [0.25, 0.3) is 22.2 Å². The highest BCUT2D eigenvalue weighted by atomic mass is 19.4. The minimum Gasteiger partial charge on any atom is -0.364 e. The van der Waals surface area contributed by atoms with Crippen molar-refractivity contribution in [3.8, 4) is 11.3 Å². The second-order valence-electron chi connectivity index (χ2n) is 7.20. The number of fused-ring (bicyclic) bond motifs is 1. The maximum Gasteiger partial charge on any atom is 0.394 e. The fraction of sp³-hybridized carbons (Fsp3) is 0.174. The van der Waals surface area contributed by atoms with E-state index in [1.807, 2.05) is 30.5 Å². The standard InChI is InChI=1S/C23H19F3N4O/c24-23(25,26)12-19-18(11-10-15-13-28-17-9-5-4-8-16(15)17)29-21(22(27)31)20(30-19)14-6-2-1-3-7-14/h1-9,13,28H,10-12H2,(H2,27,31). The molecule has 158 valence electrons.